The first-order chi connectivity index (χ1) is 14.3. The summed E-state index contributed by atoms with van der Waals surface area (Å²) in [5.74, 6) is -3.82. The average Bonchev–Trinajstić information content (AvgIpc) is 2.69. The zero-order valence-electron chi connectivity index (χ0n) is 17.0. The van der Waals surface area contributed by atoms with Crippen LogP contribution in [0.2, 0.25) is 0 Å². The van der Waals surface area contributed by atoms with Crippen molar-refractivity contribution in [3.63, 3.8) is 0 Å². The van der Waals surface area contributed by atoms with Gasteiger partial charge in [0.05, 0.1) is 13.2 Å². The van der Waals surface area contributed by atoms with Crippen LogP contribution in [0.15, 0.2) is 29.2 Å². The summed E-state index contributed by atoms with van der Waals surface area (Å²) in [6.45, 7) is 2.18. The molecule has 1 saturated heterocycles. The third-order valence-corrected chi connectivity index (χ3v) is 5.38. The van der Waals surface area contributed by atoms with E-state index in [1.165, 1.54) is 21.7 Å². The number of nitrogens with zero attached hydrogens (tertiary/aromatic N) is 2. The van der Waals surface area contributed by atoms with Gasteiger partial charge in [-0.1, -0.05) is 6.07 Å². The Hall–Kier alpha value is -2.27. The molecule has 0 saturated carbocycles. The molecule has 2 amide bonds. The molecular weight excluding hydrogens is 423 g/mol. The van der Waals surface area contributed by atoms with Crippen molar-refractivity contribution in [2.75, 3.05) is 6.61 Å². The van der Waals surface area contributed by atoms with Gasteiger partial charge in [0.25, 0.3) is 11.8 Å². The van der Waals surface area contributed by atoms with Gasteiger partial charge in [0, 0.05) is 30.4 Å². The third-order valence-electron chi connectivity index (χ3n) is 5.38. The van der Waals surface area contributed by atoms with Crippen LogP contribution in [0.4, 0.5) is 8.78 Å². The van der Waals surface area contributed by atoms with Crippen LogP contribution >= 0.6 is 0 Å². The quantitative estimate of drug-likeness (QED) is 0.556. The summed E-state index contributed by atoms with van der Waals surface area (Å²) in [6, 6.07) is 2.79. The minimum atomic E-state index is -1.00. The van der Waals surface area contributed by atoms with Gasteiger partial charge < -0.3 is 24.6 Å². The van der Waals surface area contributed by atoms with Gasteiger partial charge in [-0.3, -0.25) is 14.4 Å². The van der Waals surface area contributed by atoms with E-state index in [0.717, 1.165) is 6.07 Å². The first-order valence-corrected chi connectivity index (χ1v) is 9.40. The Morgan fingerprint density at radius 1 is 1.32 bits per heavy atom. The Balaban J connectivity index is 0.00000272. The number of hydrogen-bond acceptors (Lipinski definition) is 5. The van der Waals surface area contributed by atoms with Crippen LogP contribution in [0, 0.1) is 11.6 Å². The van der Waals surface area contributed by atoms with Crippen LogP contribution in [0.1, 0.15) is 39.8 Å². The topological polar surface area (TPSA) is 101 Å². The summed E-state index contributed by atoms with van der Waals surface area (Å²) in [4.78, 5) is 39.4. The van der Waals surface area contributed by atoms with E-state index in [9.17, 15) is 28.3 Å². The molecule has 8 nitrogen and oxygen atoms in total. The average molecular weight is 442 g/mol. The van der Waals surface area contributed by atoms with Crippen LogP contribution in [0.5, 0.6) is 5.75 Å². The predicted octanol–water partition coefficient (Wildman–Crippen LogP) is -1.64. The number of carbonyl (C=O) groups is 2. The first-order valence-electron chi connectivity index (χ1n) is 9.40. The van der Waals surface area contributed by atoms with Crippen molar-refractivity contribution in [1.82, 2.24) is 14.8 Å². The predicted molar refractivity (Wildman–Crippen MR) is 99.9 cm³/mol. The minimum absolute atomic E-state index is 0. The second-order valence-corrected chi connectivity index (χ2v) is 7.32. The van der Waals surface area contributed by atoms with E-state index in [-0.39, 0.29) is 59.9 Å². The summed E-state index contributed by atoms with van der Waals surface area (Å²) in [5, 5.41) is 12.7. The van der Waals surface area contributed by atoms with Crippen molar-refractivity contribution in [2.24, 2.45) is 0 Å². The second-order valence-electron chi connectivity index (χ2n) is 7.32. The van der Waals surface area contributed by atoms with Gasteiger partial charge in [0.15, 0.2) is 17.7 Å². The molecule has 31 heavy (non-hydrogen) atoms. The number of rotatable bonds is 3. The Morgan fingerprint density at radius 2 is 2.06 bits per heavy atom. The van der Waals surface area contributed by atoms with Crippen LogP contribution < -0.4 is 40.3 Å². The molecule has 2 atom stereocenters. The molecule has 0 aliphatic carbocycles. The largest absolute Gasteiger partial charge is 1.00 e. The molecule has 11 heteroatoms. The summed E-state index contributed by atoms with van der Waals surface area (Å²) in [6.07, 6.45) is 1.25. The van der Waals surface area contributed by atoms with Crippen LogP contribution in [-0.2, 0) is 17.8 Å². The van der Waals surface area contributed by atoms with Gasteiger partial charge in [-0.2, -0.15) is 0 Å². The van der Waals surface area contributed by atoms with Crippen LogP contribution in [0.25, 0.3) is 0 Å². The molecule has 2 N–H and O–H groups in total. The molecule has 2 aliphatic rings. The Labute approximate surface area is 198 Å². The van der Waals surface area contributed by atoms with Gasteiger partial charge >= 0.3 is 29.6 Å². The second kappa shape index (κ2) is 9.07. The fourth-order valence-electron chi connectivity index (χ4n) is 3.76. The fourth-order valence-corrected chi connectivity index (χ4v) is 3.76. The molecule has 1 fully saturated rings. The van der Waals surface area contributed by atoms with Crippen molar-refractivity contribution in [2.45, 2.75) is 38.7 Å². The number of ether oxygens (including phenoxy) is 1. The molecule has 158 valence electrons. The van der Waals surface area contributed by atoms with E-state index in [0.29, 0.717) is 19.1 Å². The molecular formula is C20H19F2N3NaO5+. The standard InChI is InChI=1S/C20H19F2N3O5.Na/c1-10-4-5-30-15-9-24-8-13(17(26)18(27)16(24)20(29)25(10)15)19(28)23-7-11-2-3-12(21)6-14(11)22;/h2-3,6,8,10,15,27H,4-5,7,9H2,1H3,(H,23,28);/q;+1/t10-,15+;/m0./s1. The van der Waals surface area contributed by atoms with E-state index in [1.54, 1.807) is 0 Å². The number of aromatic hydroxyl groups is 1. The maximum Gasteiger partial charge on any atom is 1.00 e. The number of nitrogens with one attached hydrogen (secondary N) is 1. The number of halogens is 2. The van der Waals surface area contributed by atoms with Crippen LogP contribution in [-0.4, -0.2) is 45.3 Å². The van der Waals surface area contributed by atoms with Gasteiger partial charge in [-0.05, 0) is 19.4 Å². The number of carbonyl (C=O) groups excluding carboxylic acids is 2. The summed E-state index contributed by atoms with van der Waals surface area (Å²) in [7, 11) is 0. The zero-order chi connectivity index (χ0) is 21.6. The van der Waals surface area contributed by atoms with Crippen LogP contribution in [0.3, 0.4) is 0 Å². The molecule has 0 radical (unpaired) electrons. The van der Waals surface area contributed by atoms with Crippen molar-refractivity contribution in [3.05, 3.63) is 63.1 Å². The SMILES string of the molecule is C[C@H]1CCO[C@@H]2Cn3cc(C(=O)NCc4ccc(F)cc4F)c(=O)c(O)c3C(=O)N12.[Na+]. The third kappa shape index (κ3) is 4.25. The summed E-state index contributed by atoms with van der Waals surface area (Å²) >= 11 is 0. The van der Waals surface area contributed by atoms with E-state index >= 15 is 0 Å². The molecule has 0 unspecified atom stereocenters. The Morgan fingerprint density at radius 3 is 2.77 bits per heavy atom. The van der Waals surface area contributed by atoms with E-state index in [1.807, 2.05) is 6.92 Å². The first kappa shape index (κ1) is 23.4. The molecule has 0 bridgehead atoms. The van der Waals surface area contributed by atoms with Gasteiger partial charge in [0.2, 0.25) is 5.43 Å². The van der Waals surface area contributed by atoms with Crippen molar-refractivity contribution < 1.29 is 57.8 Å². The Kier molecular flexibility index (Phi) is 6.85. The molecule has 3 heterocycles. The van der Waals surface area contributed by atoms with Gasteiger partial charge in [-0.25, -0.2) is 8.78 Å². The molecule has 0 spiro atoms. The van der Waals surface area contributed by atoms with Gasteiger partial charge in [-0.15, -0.1) is 0 Å². The number of hydrogen-bond donors (Lipinski definition) is 2. The van der Waals surface area contributed by atoms with Crippen molar-refractivity contribution >= 4 is 11.8 Å². The van der Waals surface area contributed by atoms with E-state index in [4.69, 9.17) is 4.74 Å². The molecule has 2 aliphatic heterocycles. The smallest absolute Gasteiger partial charge is 0.503 e. The Bertz CT molecular complexity index is 1110. The van der Waals surface area contributed by atoms with E-state index < -0.39 is 46.4 Å². The maximum absolute atomic E-state index is 13.8. The molecule has 2 aromatic rings. The number of fused-ring (bicyclic) bond motifs is 2. The molecule has 4 rings (SSSR count). The minimum Gasteiger partial charge on any atom is -0.503 e. The number of pyridine rings is 1. The summed E-state index contributed by atoms with van der Waals surface area (Å²) in [5.41, 5.74) is -1.57. The van der Waals surface area contributed by atoms with Gasteiger partial charge in [0.1, 0.15) is 17.2 Å². The number of aromatic nitrogens is 1. The monoisotopic (exact) mass is 442 g/mol. The molecule has 1 aromatic heterocycles. The van der Waals surface area contributed by atoms with Crippen molar-refractivity contribution in [3.8, 4) is 5.75 Å². The number of amides is 2. The van der Waals surface area contributed by atoms with E-state index in [2.05, 4.69) is 5.32 Å². The van der Waals surface area contributed by atoms with Crippen molar-refractivity contribution in [1.29, 1.82) is 0 Å². The normalized spacial score (nSPS) is 19.8. The fraction of sp³-hybridized carbons (Fsp3) is 0.350. The summed E-state index contributed by atoms with van der Waals surface area (Å²) < 4.78 is 33.7. The molecule has 1 aromatic carbocycles. The zero-order valence-corrected chi connectivity index (χ0v) is 19.0. The number of benzene rings is 1. The maximum atomic E-state index is 13.8.